The number of hydrogen-bond acceptors (Lipinski definition) is 4. The number of allylic oxidation sites excluding steroid dienone is 2. The molecule has 0 spiro atoms. The smallest absolute Gasteiger partial charge is 0.315 e. The molecule has 0 saturated heterocycles. The predicted octanol–water partition coefficient (Wildman–Crippen LogP) is 5.62. The van der Waals surface area contributed by atoms with Gasteiger partial charge in [-0.05, 0) is 71.6 Å². The SMILES string of the molecule is CCCCOC(=O)C(C)(C)c1cc(O)c2c(c1)OC(C)(C)C1CC=C(C)C[C@@H]21. The normalized spacial score (nSPS) is 23.1. The molecular formula is C24H34O4. The Kier molecular flexibility index (Phi) is 5.53. The molecule has 1 heterocycles. The van der Waals surface area contributed by atoms with Gasteiger partial charge in [-0.3, -0.25) is 4.79 Å². The van der Waals surface area contributed by atoms with Crippen LogP contribution in [0.1, 0.15) is 84.3 Å². The summed E-state index contributed by atoms with van der Waals surface area (Å²) in [6, 6.07) is 3.66. The van der Waals surface area contributed by atoms with Crippen molar-refractivity contribution in [2.75, 3.05) is 6.61 Å². The summed E-state index contributed by atoms with van der Waals surface area (Å²) >= 11 is 0. The van der Waals surface area contributed by atoms with Crippen molar-refractivity contribution in [2.24, 2.45) is 5.92 Å². The summed E-state index contributed by atoms with van der Waals surface area (Å²) in [6.45, 7) is 12.6. The summed E-state index contributed by atoms with van der Waals surface area (Å²) in [6.07, 6.45) is 6.01. The number of unbranched alkanes of at least 4 members (excludes halogenated alkanes) is 1. The van der Waals surface area contributed by atoms with E-state index in [1.807, 2.05) is 19.9 Å². The third-order valence-corrected chi connectivity index (χ3v) is 6.47. The number of fused-ring (bicyclic) bond motifs is 3. The molecule has 1 aromatic carbocycles. The number of ether oxygens (including phenoxy) is 2. The molecule has 4 nitrogen and oxygen atoms in total. The molecule has 1 aliphatic heterocycles. The Morgan fingerprint density at radius 3 is 2.75 bits per heavy atom. The van der Waals surface area contributed by atoms with Crippen molar-refractivity contribution in [3.63, 3.8) is 0 Å². The van der Waals surface area contributed by atoms with Gasteiger partial charge in [0.15, 0.2) is 0 Å². The molecule has 1 unspecified atom stereocenters. The molecule has 0 fully saturated rings. The minimum Gasteiger partial charge on any atom is -0.508 e. The Morgan fingerprint density at radius 2 is 2.07 bits per heavy atom. The van der Waals surface area contributed by atoms with E-state index in [2.05, 4.69) is 33.8 Å². The van der Waals surface area contributed by atoms with Gasteiger partial charge in [0.25, 0.3) is 0 Å². The first-order valence-electron chi connectivity index (χ1n) is 10.5. The zero-order valence-corrected chi connectivity index (χ0v) is 18.1. The lowest BCUT2D eigenvalue weighted by Crippen LogP contribution is -2.45. The van der Waals surface area contributed by atoms with Gasteiger partial charge in [-0.15, -0.1) is 0 Å². The molecular weight excluding hydrogens is 352 g/mol. The molecule has 0 saturated carbocycles. The lowest BCUT2D eigenvalue weighted by atomic mass is 9.67. The second-order valence-corrected chi connectivity index (χ2v) is 9.43. The summed E-state index contributed by atoms with van der Waals surface area (Å²) in [4.78, 5) is 12.7. The number of phenols is 1. The summed E-state index contributed by atoms with van der Waals surface area (Å²) in [7, 11) is 0. The third kappa shape index (κ3) is 3.66. The summed E-state index contributed by atoms with van der Waals surface area (Å²) in [5, 5.41) is 10.9. The molecule has 1 aromatic rings. The molecule has 1 N–H and O–H groups in total. The minimum atomic E-state index is -0.854. The topological polar surface area (TPSA) is 55.8 Å². The zero-order valence-electron chi connectivity index (χ0n) is 18.1. The monoisotopic (exact) mass is 386 g/mol. The maximum atomic E-state index is 12.7. The molecule has 28 heavy (non-hydrogen) atoms. The van der Waals surface area contributed by atoms with E-state index >= 15 is 0 Å². The van der Waals surface area contributed by atoms with Crippen LogP contribution in [0.5, 0.6) is 11.5 Å². The van der Waals surface area contributed by atoms with Crippen molar-refractivity contribution in [1.82, 2.24) is 0 Å². The maximum absolute atomic E-state index is 12.7. The first-order valence-corrected chi connectivity index (χ1v) is 10.5. The van der Waals surface area contributed by atoms with E-state index in [-0.39, 0.29) is 23.2 Å². The van der Waals surface area contributed by atoms with Gasteiger partial charge in [0, 0.05) is 17.4 Å². The van der Waals surface area contributed by atoms with Crippen molar-refractivity contribution in [1.29, 1.82) is 0 Å². The summed E-state index contributed by atoms with van der Waals surface area (Å²) < 4.78 is 11.8. The standard InChI is InChI=1S/C24H34O4/c1-7-8-11-27-22(26)23(3,4)16-13-19(25)21-17-12-15(2)9-10-18(17)24(5,6)28-20(21)14-16/h9,13-14,17-18,25H,7-8,10-12H2,1-6H3/t17-,18?/m1/s1. The number of carbonyl (C=O) groups is 1. The molecule has 0 bridgehead atoms. The van der Waals surface area contributed by atoms with Gasteiger partial charge < -0.3 is 14.6 Å². The number of aromatic hydroxyl groups is 1. The van der Waals surface area contributed by atoms with Gasteiger partial charge in [0.2, 0.25) is 0 Å². The highest BCUT2D eigenvalue weighted by Crippen LogP contribution is 2.54. The van der Waals surface area contributed by atoms with Crippen molar-refractivity contribution in [3.8, 4) is 11.5 Å². The van der Waals surface area contributed by atoms with Crippen molar-refractivity contribution in [3.05, 3.63) is 34.9 Å². The van der Waals surface area contributed by atoms with Crippen LogP contribution in [-0.4, -0.2) is 23.3 Å². The van der Waals surface area contributed by atoms with Crippen molar-refractivity contribution < 1.29 is 19.4 Å². The lowest BCUT2D eigenvalue weighted by molar-refractivity contribution is -0.149. The zero-order chi connectivity index (χ0) is 20.7. The Labute approximate surface area is 168 Å². The number of hydrogen-bond donors (Lipinski definition) is 1. The highest BCUT2D eigenvalue weighted by atomic mass is 16.5. The molecule has 4 heteroatoms. The highest BCUT2D eigenvalue weighted by molar-refractivity contribution is 5.82. The van der Waals surface area contributed by atoms with Crippen LogP contribution in [0.3, 0.4) is 0 Å². The quantitative estimate of drug-likeness (QED) is 0.405. The van der Waals surface area contributed by atoms with E-state index in [1.54, 1.807) is 6.07 Å². The third-order valence-electron chi connectivity index (χ3n) is 6.47. The van der Waals surface area contributed by atoms with Crippen LogP contribution in [0.2, 0.25) is 0 Å². The van der Waals surface area contributed by atoms with E-state index in [9.17, 15) is 9.90 Å². The Morgan fingerprint density at radius 1 is 1.36 bits per heavy atom. The first-order chi connectivity index (χ1) is 13.1. The van der Waals surface area contributed by atoms with Crippen LogP contribution in [0.15, 0.2) is 23.8 Å². The van der Waals surface area contributed by atoms with Gasteiger partial charge >= 0.3 is 5.97 Å². The van der Waals surface area contributed by atoms with Gasteiger partial charge in [-0.2, -0.15) is 0 Å². The number of rotatable bonds is 5. The molecule has 1 aliphatic carbocycles. The van der Waals surface area contributed by atoms with Crippen LogP contribution in [-0.2, 0) is 14.9 Å². The fourth-order valence-electron chi connectivity index (χ4n) is 4.53. The predicted molar refractivity (Wildman–Crippen MR) is 111 cm³/mol. The van der Waals surface area contributed by atoms with Crippen LogP contribution in [0.25, 0.3) is 0 Å². The first kappa shape index (κ1) is 20.8. The van der Waals surface area contributed by atoms with Gasteiger partial charge in [0.1, 0.15) is 17.1 Å². The van der Waals surface area contributed by atoms with Crippen LogP contribution >= 0.6 is 0 Å². The molecule has 2 aliphatic rings. The number of phenolic OH excluding ortho intramolecular Hbond substituents is 1. The number of esters is 1. The molecule has 154 valence electrons. The van der Waals surface area contributed by atoms with Crippen LogP contribution in [0.4, 0.5) is 0 Å². The Hall–Kier alpha value is -1.97. The van der Waals surface area contributed by atoms with Gasteiger partial charge in [0.05, 0.1) is 12.0 Å². The number of carbonyl (C=O) groups excluding carboxylic acids is 1. The molecule has 0 amide bonds. The number of benzene rings is 1. The maximum Gasteiger partial charge on any atom is 0.315 e. The van der Waals surface area contributed by atoms with E-state index in [0.29, 0.717) is 18.3 Å². The van der Waals surface area contributed by atoms with Gasteiger partial charge in [-0.1, -0.05) is 25.0 Å². The Bertz CT molecular complexity index is 788. The van der Waals surface area contributed by atoms with Gasteiger partial charge in [-0.25, -0.2) is 0 Å². The van der Waals surface area contributed by atoms with Crippen LogP contribution in [0, 0.1) is 5.92 Å². The second-order valence-electron chi connectivity index (χ2n) is 9.43. The van der Waals surface area contributed by atoms with E-state index < -0.39 is 5.41 Å². The molecule has 2 atom stereocenters. The minimum absolute atomic E-state index is 0.224. The molecule has 0 aromatic heterocycles. The van der Waals surface area contributed by atoms with Crippen molar-refractivity contribution in [2.45, 2.75) is 84.2 Å². The van der Waals surface area contributed by atoms with E-state index in [1.165, 1.54) is 5.57 Å². The van der Waals surface area contributed by atoms with E-state index in [4.69, 9.17) is 9.47 Å². The average Bonchev–Trinajstić information content (AvgIpc) is 2.60. The fourth-order valence-corrected chi connectivity index (χ4v) is 4.53. The summed E-state index contributed by atoms with van der Waals surface area (Å²) in [5.74, 6) is 1.21. The fraction of sp³-hybridized carbons (Fsp3) is 0.625. The van der Waals surface area contributed by atoms with E-state index in [0.717, 1.165) is 36.8 Å². The molecule has 0 radical (unpaired) electrons. The Balaban J connectivity index is 1.98. The molecule has 3 rings (SSSR count). The second kappa shape index (κ2) is 7.46. The highest BCUT2D eigenvalue weighted by Gasteiger charge is 2.46. The van der Waals surface area contributed by atoms with Crippen molar-refractivity contribution >= 4 is 5.97 Å². The largest absolute Gasteiger partial charge is 0.508 e. The average molecular weight is 387 g/mol. The lowest BCUT2D eigenvalue weighted by Gasteiger charge is -2.47. The summed E-state index contributed by atoms with van der Waals surface area (Å²) in [5.41, 5.74) is 1.78. The van der Waals surface area contributed by atoms with Crippen LogP contribution < -0.4 is 4.74 Å².